The van der Waals surface area contributed by atoms with E-state index in [4.69, 9.17) is 37.3 Å². The smallest absolute Gasteiger partial charge is 0.136 e. The van der Waals surface area contributed by atoms with Gasteiger partial charge in [-0.1, -0.05) is 36.2 Å². The van der Waals surface area contributed by atoms with Crippen LogP contribution in [-0.4, -0.2) is 7.11 Å². The lowest BCUT2D eigenvalue weighted by Gasteiger charge is -2.07. The van der Waals surface area contributed by atoms with Crippen LogP contribution >= 0.6 is 23.2 Å². The number of methoxy groups -OCH3 is 1. The van der Waals surface area contributed by atoms with Crippen molar-refractivity contribution in [1.82, 2.24) is 0 Å². The maximum atomic E-state index is 6.19. The van der Waals surface area contributed by atoms with Gasteiger partial charge in [0.25, 0.3) is 0 Å². The Hall–Kier alpha value is -2.75. The standard InChI is InChI=1S/C24H19Cl2NO2/c1-3-15-4-11-23-19(12-15)22(27-17-7-10-20(25)21(26)13-17)14-24(29-23)16-5-8-18(28-2)9-6-16/h4-14H,3H2,1-2H3. The highest BCUT2D eigenvalue weighted by Gasteiger charge is 2.08. The molecule has 0 bridgehead atoms. The summed E-state index contributed by atoms with van der Waals surface area (Å²) in [5.74, 6) is 1.52. The molecular weight excluding hydrogens is 405 g/mol. The van der Waals surface area contributed by atoms with Gasteiger partial charge >= 0.3 is 0 Å². The van der Waals surface area contributed by atoms with Crippen molar-refractivity contribution in [2.75, 3.05) is 7.11 Å². The number of ether oxygens (including phenoxy) is 1. The van der Waals surface area contributed by atoms with Gasteiger partial charge in [-0.15, -0.1) is 0 Å². The van der Waals surface area contributed by atoms with Crippen molar-refractivity contribution < 1.29 is 9.15 Å². The van der Waals surface area contributed by atoms with Crippen molar-refractivity contribution in [1.29, 1.82) is 0 Å². The van der Waals surface area contributed by atoms with E-state index >= 15 is 0 Å². The highest BCUT2D eigenvalue weighted by atomic mass is 35.5. The number of rotatable bonds is 4. The second-order valence-corrected chi connectivity index (χ2v) is 7.43. The molecule has 1 heterocycles. The van der Waals surface area contributed by atoms with Gasteiger partial charge in [0.2, 0.25) is 0 Å². The quantitative estimate of drug-likeness (QED) is 0.347. The summed E-state index contributed by atoms with van der Waals surface area (Å²) in [4.78, 5) is 4.84. The van der Waals surface area contributed by atoms with Gasteiger partial charge in [0, 0.05) is 17.0 Å². The normalized spacial score (nSPS) is 11.8. The van der Waals surface area contributed by atoms with Gasteiger partial charge in [-0.3, -0.25) is 0 Å². The molecule has 0 saturated heterocycles. The molecule has 0 N–H and O–H groups in total. The first-order valence-electron chi connectivity index (χ1n) is 9.28. The van der Waals surface area contributed by atoms with Crippen LogP contribution in [0, 0.1) is 0 Å². The Morgan fingerprint density at radius 2 is 1.69 bits per heavy atom. The lowest BCUT2D eigenvalue weighted by Crippen LogP contribution is -2.04. The first-order valence-corrected chi connectivity index (χ1v) is 10.0. The molecule has 4 rings (SSSR count). The van der Waals surface area contributed by atoms with Crippen molar-refractivity contribution >= 4 is 39.9 Å². The molecule has 0 aliphatic carbocycles. The van der Waals surface area contributed by atoms with Crippen molar-refractivity contribution in [3.8, 4) is 17.1 Å². The van der Waals surface area contributed by atoms with Crippen molar-refractivity contribution in [3.63, 3.8) is 0 Å². The number of hydrogen-bond donors (Lipinski definition) is 0. The zero-order valence-electron chi connectivity index (χ0n) is 16.1. The number of fused-ring (bicyclic) bond motifs is 1. The van der Waals surface area contributed by atoms with Gasteiger partial charge in [0.05, 0.1) is 28.2 Å². The van der Waals surface area contributed by atoms with Crippen LogP contribution < -0.4 is 10.1 Å². The fourth-order valence-corrected chi connectivity index (χ4v) is 3.41. The van der Waals surface area contributed by atoms with Crippen LogP contribution in [0.15, 0.2) is 76.1 Å². The maximum Gasteiger partial charge on any atom is 0.136 e. The fourth-order valence-electron chi connectivity index (χ4n) is 3.12. The number of hydrogen-bond acceptors (Lipinski definition) is 3. The average Bonchev–Trinajstić information content (AvgIpc) is 2.76. The van der Waals surface area contributed by atoms with Gasteiger partial charge in [-0.25, -0.2) is 4.99 Å². The molecule has 0 saturated carbocycles. The molecule has 3 aromatic carbocycles. The van der Waals surface area contributed by atoms with Crippen LogP contribution in [0.1, 0.15) is 12.5 Å². The third kappa shape index (κ3) is 4.16. The minimum absolute atomic E-state index is 0.475. The summed E-state index contributed by atoms with van der Waals surface area (Å²) in [6.45, 7) is 2.12. The van der Waals surface area contributed by atoms with Gasteiger partial charge < -0.3 is 9.15 Å². The van der Waals surface area contributed by atoms with E-state index in [0.717, 1.165) is 45.5 Å². The lowest BCUT2D eigenvalue weighted by atomic mass is 10.1. The molecule has 0 fully saturated rings. The van der Waals surface area contributed by atoms with Crippen molar-refractivity contribution in [3.05, 3.63) is 87.7 Å². The zero-order valence-corrected chi connectivity index (χ0v) is 17.6. The van der Waals surface area contributed by atoms with E-state index in [1.807, 2.05) is 42.5 Å². The molecule has 0 aliphatic rings. The number of nitrogens with zero attached hydrogens (tertiary/aromatic N) is 1. The van der Waals surface area contributed by atoms with Gasteiger partial charge in [0.15, 0.2) is 0 Å². The average molecular weight is 424 g/mol. The van der Waals surface area contributed by atoms with Crippen molar-refractivity contribution in [2.45, 2.75) is 13.3 Å². The van der Waals surface area contributed by atoms with Gasteiger partial charge in [-0.05, 0) is 66.6 Å². The van der Waals surface area contributed by atoms with Crippen LogP contribution in [-0.2, 0) is 6.42 Å². The minimum Gasteiger partial charge on any atom is -0.497 e. The van der Waals surface area contributed by atoms with Gasteiger partial charge in [0.1, 0.15) is 17.1 Å². The molecule has 3 nitrogen and oxygen atoms in total. The van der Waals surface area contributed by atoms with E-state index in [-0.39, 0.29) is 0 Å². The highest BCUT2D eigenvalue weighted by Crippen LogP contribution is 2.28. The molecule has 0 spiro atoms. The summed E-state index contributed by atoms with van der Waals surface area (Å²) in [5, 5.41) is 2.74. The topological polar surface area (TPSA) is 34.7 Å². The summed E-state index contributed by atoms with van der Waals surface area (Å²) in [7, 11) is 1.65. The number of halogens is 2. The molecule has 0 amide bonds. The summed E-state index contributed by atoms with van der Waals surface area (Å²) in [6.07, 6.45) is 0.933. The molecule has 29 heavy (non-hydrogen) atoms. The predicted molar refractivity (Wildman–Crippen MR) is 119 cm³/mol. The zero-order chi connectivity index (χ0) is 20.4. The molecule has 5 heteroatoms. The van der Waals surface area contributed by atoms with Crippen LogP contribution in [0.5, 0.6) is 5.75 Å². The molecule has 0 radical (unpaired) electrons. The summed E-state index contributed by atoms with van der Waals surface area (Å²) in [5.41, 5.74) is 3.66. The third-order valence-electron chi connectivity index (χ3n) is 4.74. The Kier molecular flexibility index (Phi) is 5.61. The summed E-state index contributed by atoms with van der Waals surface area (Å²) in [6, 6.07) is 21.2. The first-order chi connectivity index (χ1) is 14.1. The van der Waals surface area contributed by atoms with E-state index in [1.54, 1.807) is 19.2 Å². The second-order valence-electron chi connectivity index (χ2n) is 6.62. The summed E-state index contributed by atoms with van der Waals surface area (Å²) >= 11 is 12.2. The molecule has 0 atom stereocenters. The fraction of sp³-hybridized carbons (Fsp3) is 0.125. The van der Waals surface area contributed by atoms with E-state index in [9.17, 15) is 0 Å². The lowest BCUT2D eigenvalue weighted by molar-refractivity contribution is 0.415. The third-order valence-corrected chi connectivity index (χ3v) is 5.48. The van der Waals surface area contributed by atoms with E-state index in [0.29, 0.717) is 10.0 Å². The number of benzene rings is 3. The number of aryl methyl sites for hydroxylation is 1. The predicted octanol–water partition coefficient (Wildman–Crippen LogP) is 7.21. The molecular formula is C24H19Cl2NO2. The Balaban J connectivity index is 1.95. The Morgan fingerprint density at radius 3 is 2.38 bits per heavy atom. The Bertz CT molecular complexity index is 1240. The SMILES string of the molecule is CCc1ccc2oc(-c3ccc(OC)cc3)cc(=Nc3ccc(Cl)c(Cl)c3)c2c1. The monoisotopic (exact) mass is 423 g/mol. The van der Waals surface area contributed by atoms with E-state index < -0.39 is 0 Å². The largest absolute Gasteiger partial charge is 0.497 e. The van der Waals surface area contributed by atoms with Crippen molar-refractivity contribution in [2.24, 2.45) is 4.99 Å². The maximum absolute atomic E-state index is 6.19. The van der Waals surface area contributed by atoms with Crippen LogP contribution in [0.25, 0.3) is 22.3 Å². The Labute approximate surface area is 179 Å². The molecule has 0 aliphatic heterocycles. The molecule has 0 unspecified atom stereocenters. The van der Waals surface area contributed by atoms with Crippen LogP contribution in [0.4, 0.5) is 5.69 Å². The van der Waals surface area contributed by atoms with E-state index in [2.05, 4.69) is 19.1 Å². The highest BCUT2D eigenvalue weighted by molar-refractivity contribution is 6.42. The molecule has 1 aromatic heterocycles. The minimum atomic E-state index is 0.475. The van der Waals surface area contributed by atoms with Crippen LogP contribution in [0.2, 0.25) is 10.0 Å². The second kappa shape index (κ2) is 8.32. The summed E-state index contributed by atoms with van der Waals surface area (Å²) < 4.78 is 11.4. The van der Waals surface area contributed by atoms with Crippen LogP contribution in [0.3, 0.4) is 0 Å². The molecule has 146 valence electrons. The first kappa shape index (κ1) is 19.6. The van der Waals surface area contributed by atoms with Gasteiger partial charge in [-0.2, -0.15) is 0 Å². The molecule has 4 aromatic rings. The Morgan fingerprint density at radius 1 is 0.897 bits per heavy atom. The van der Waals surface area contributed by atoms with E-state index in [1.165, 1.54) is 5.56 Å².